The van der Waals surface area contributed by atoms with Gasteiger partial charge in [0, 0.05) is 6.54 Å². The maximum Gasteiger partial charge on any atom is 0.257 e. The summed E-state index contributed by atoms with van der Waals surface area (Å²) in [4.78, 5) is 11.6. The molecule has 1 atom stereocenters. The standard InChI is InChI=1S/C13H13NO3/c15-12(11-7-4-8-17-11)13(16)14-9-10-5-2-1-3-6-10/h1-8,12,15H,9H2,(H,14,16). The smallest absolute Gasteiger partial charge is 0.257 e. The Bertz CT molecular complexity index is 465. The number of nitrogens with one attached hydrogen (secondary N) is 1. The molecule has 0 radical (unpaired) electrons. The Hall–Kier alpha value is -2.07. The molecule has 17 heavy (non-hydrogen) atoms. The van der Waals surface area contributed by atoms with E-state index >= 15 is 0 Å². The SMILES string of the molecule is O=C(NCc1ccccc1)C(O)c1ccco1. The van der Waals surface area contributed by atoms with Crippen molar-refractivity contribution in [2.24, 2.45) is 0 Å². The van der Waals surface area contributed by atoms with Gasteiger partial charge in [-0.05, 0) is 17.7 Å². The Kier molecular flexibility index (Phi) is 3.57. The lowest BCUT2D eigenvalue weighted by molar-refractivity contribution is -0.130. The normalized spacial score (nSPS) is 12.1. The van der Waals surface area contributed by atoms with Crippen LogP contribution in [-0.2, 0) is 11.3 Å². The quantitative estimate of drug-likeness (QED) is 0.840. The van der Waals surface area contributed by atoms with E-state index < -0.39 is 12.0 Å². The summed E-state index contributed by atoms with van der Waals surface area (Å²) in [6, 6.07) is 12.7. The van der Waals surface area contributed by atoms with Crippen molar-refractivity contribution in [3.8, 4) is 0 Å². The summed E-state index contributed by atoms with van der Waals surface area (Å²) < 4.78 is 4.96. The van der Waals surface area contributed by atoms with Gasteiger partial charge in [0.15, 0.2) is 6.10 Å². The Morgan fingerprint density at radius 2 is 2.00 bits per heavy atom. The number of amides is 1. The van der Waals surface area contributed by atoms with Crippen molar-refractivity contribution in [1.29, 1.82) is 0 Å². The molecule has 0 bridgehead atoms. The number of hydrogen-bond acceptors (Lipinski definition) is 3. The number of furan rings is 1. The molecule has 2 rings (SSSR count). The Labute approximate surface area is 98.9 Å². The summed E-state index contributed by atoms with van der Waals surface area (Å²) in [5.41, 5.74) is 0.979. The Morgan fingerprint density at radius 3 is 2.65 bits per heavy atom. The zero-order chi connectivity index (χ0) is 12.1. The zero-order valence-corrected chi connectivity index (χ0v) is 9.17. The van der Waals surface area contributed by atoms with Gasteiger partial charge in [0.25, 0.3) is 5.91 Å². The predicted octanol–water partition coefficient (Wildman–Crippen LogP) is 1.63. The molecule has 2 aromatic rings. The molecule has 1 aromatic carbocycles. The van der Waals surface area contributed by atoms with Gasteiger partial charge < -0.3 is 14.8 Å². The van der Waals surface area contributed by atoms with E-state index in [0.29, 0.717) is 6.54 Å². The highest BCUT2D eigenvalue weighted by molar-refractivity contribution is 5.81. The van der Waals surface area contributed by atoms with E-state index in [1.807, 2.05) is 30.3 Å². The maximum atomic E-state index is 11.6. The minimum Gasteiger partial charge on any atom is -0.466 e. The number of carbonyl (C=O) groups is 1. The van der Waals surface area contributed by atoms with E-state index in [4.69, 9.17) is 4.42 Å². The van der Waals surface area contributed by atoms with Crippen LogP contribution in [0.15, 0.2) is 53.1 Å². The van der Waals surface area contributed by atoms with Crippen LogP contribution in [0, 0.1) is 0 Å². The number of hydrogen-bond donors (Lipinski definition) is 2. The Balaban J connectivity index is 1.90. The van der Waals surface area contributed by atoms with Gasteiger partial charge in [0.05, 0.1) is 6.26 Å². The summed E-state index contributed by atoms with van der Waals surface area (Å²) >= 11 is 0. The zero-order valence-electron chi connectivity index (χ0n) is 9.17. The predicted molar refractivity (Wildman–Crippen MR) is 62.0 cm³/mol. The van der Waals surface area contributed by atoms with E-state index in [1.165, 1.54) is 6.26 Å². The van der Waals surface area contributed by atoms with Crippen molar-refractivity contribution in [2.75, 3.05) is 0 Å². The van der Waals surface area contributed by atoms with Gasteiger partial charge in [-0.2, -0.15) is 0 Å². The molecule has 4 heteroatoms. The molecule has 1 amide bonds. The van der Waals surface area contributed by atoms with Crippen molar-refractivity contribution in [1.82, 2.24) is 5.32 Å². The highest BCUT2D eigenvalue weighted by Crippen LogP contribution is 2.13. The highest BCUT2D eigenvalue weighted by Gasteiger charge is 2.19. The van der Waals surface area contributed by atoms with Gasteiger partial charge in [0.2, 0.25) is 0 Å². The molecule has 1 heterocycles. The fourth-order valence-electron chi connectivity index (χ4n) is 1.46. The van der Waals surface area contributed by atoms with Crippen molar-refractivity contribution in [3.63, 3.8) is 0 Å². The maximum absolute atomic E-state index is 11.6. The summed E-state index contributed by atoms with van der Waals surface area (Å²) in [6.07, 6.45) is 0.164. The van der Waals surface area contributed by atoms with Crippen molar-refractivity contribution < 1.29 is 14.3 Å². The molecule has 4 nitrogen and oxygen atoms in total. The van der Waals surface area contributed by atoms with Gasteiger partial charge in [-0.1, -0.05) is 30.3 Å². The van der Waals surface area contributed by atoms with Crippen LogP contribution in [-0.4, -0.2) is 11.0 Å². The molecule has 2 N–H and O–H groups in total. The van der Waals surface area contributed by atoms with Crippen LogP contribution >= 0.6 is 0 Å². The first-order valence-electron chi connectivity index (χ1n) is 5.30. The van der Waals surface area contributed by atoms with Crippen LogP contribution in [0.5, 0.6) is 0 Å². The van der Waals surface area contributed by atoms with E-state index in [1.54, 1.807) is 12.1 Å². The second-order valence-electron chi connectivity index (χ2n) is 3.62. The first-order valence-corrected chi connectivity index (χ1v) is 5.30. The number of carbonyl (C=O) groups excluding carboxylic acids is 1. The second kappa shape index (κ2) is 5.32. The molecule has 0 saturated heterocycles. The lowest BCUT2D eigenvalue weighted by Gasteiger charge is -2.09. The van der Waals surface area contributed by atoms with E-state index in [9.17, 15) is 9.90 Å². The fourth-order valence-corrected chi connectivity index (χ4v) is 1.46. The average Bonchev–Trinajstić information content (AvgIpc) is 2.90. The average molecular weight is 231 g/mol. The molecule has 1 unspecified atom stereocenters. The van der Waals surface area contributed by atoms with Crippen LogP contribution in [0.3, 0.4) is 0 Å². The number of aliphatic hydroxyl groups is 1. The van der Waals surface area contributed by atoms with Crippen LogP contribution in [0.2, 0.25) is 0 Å². The molecule has 0 aliphatic carbocycles. The highest BCUT2D eigenvalue weighted by atomic mass is 16.4. The van der Waals surface area contributed by atoms with Gasteiger partial charge in [-0.15, -0.1) is 0 Å². The first kappa shape index (κ1) is 11.4. The third kappa shape index (κ3) is 2.95. The van der Waals surface area contributed by atoms with Crippen LogP contribution in [0.1, 0.15) is 17.4 Å². The Morgan fingerprint density at radius 1 is 1.24 bits per heavy atom. The van der Waals surface area contributed by atoms with Gasteiger partial charge in [-0.3, -0.25) is 4.79 Å². The minimum atomic E-state index is -1.26. The summed E-state index contributed by atoms with van der Waals surface area (Å²) in [6.45, 7) is 0.386. The minimum absolute atomic E-state index is 0.246. The van der Waals surface area contributed by atoms with Crippen LogP contribution in [0.4, 0.5) is 0 Å². The molecule has 0 spiro atoms. The van der Waals surface area contributed by atoms with Crippen LogP contribution in [0.25, 0.3) is 0 Å². The molecule has 0 aliphatic rings. The largest absolute Gasteiger partial charge is 0.466 e. The van der Waals surface area contributed by atoms with Crippen molar-refractivity contribution in [3.05, 3.63) is 60.1 Å². The molecule has 1 aromatic heterocycles. The fraction of sp³-hybridized carbons (Fsp3) is 0.154. The second-order valence-corrected chi connectivity index (χ2v) is 3.62. The number of rotatable bonds is 4. The van der Waals surface area contributed by atoms with Gasteiger partial charge in [0.1, 0.15) is 5.76 Å². The molecular weight excluding hydrogens is 218 g/mol. The third-order valence-electron chi connectivity index (χ3n) is 2.37. The van der Waals surface area contributed by atoms with E-state index in [-0.39, 0.29) is 5.76 Å². The first-order chi connectivity index (χ1) is 8.27. The molecule has 0 aliphatic heterocycles. The molecule has 0 fully saturated rings. The monoisotopic (exact) mass is 231 g/mol. The molecule has 88 valence electrons. The molecular formula is C13H13NO3. The summed E-state index contributed by atoms with van der Waals surface area (Å²) in [5, 5.41) is 12.3. The van der Waals surface area contributed by atoms with Crippen LogP contribution < -0.4 is 5.32 Å². The third-order valence-corrected chi connectivity index (χ3v) is 2.37. The molecule has 0 saturated carbocycles. The summed E-state index contributed by atoms with van der Waals surface area (Å²) in [7, 11) is 0. The van der Waals surface area contributed by atoms with Gasteiger partial charge in [-0.25, -0.2) is 0 Å². The van der Waals surface area contributed by atoms with E-state index in [0.717, 1.165) is 5.56 Å². The lowest BCUT2D eigenvalue weighted by Crippen LogP contribution is -2.28. The topological polar surface area (TPSA) is 62.5 Å². The van der Waals surface area contributed by atoms with Crippen molar-refractivity contribution in [2.45, 2.75) is 12.6 Å². The van der Waals surface area contributed by atoms with Crippen molar-refractivity contribution >= 4 is 5.91 Å². The van der Waals surface area contributed by atoms with E-state index in [2.05, 4.69) is 5.32 Å². The lowest BCUT2D eigenvalue weighted by atomic mass is 10.2. The number of aliphatic hydroxyl groups excluding tert-OH is 1. The number of benzene rings is 1. The van der Waals surface area contributed by atoms with Gasteiger partial charge >= 0.3 is 0 Å². The summed E-state index contributed by atoms with van der Waals surface area (Å²) in [5.74, 6) is -0.223.